The maximum absolute atomic E-state index is 5.09. The van der Waals surface area contributed by atoms with Gasteiger partial charge in [-0.15, -0.1) is 0 Å². The van der Waals surface area contributed by atoms with Crippen LogP contribution < -0.4 is 0 Å². The van der Waals surface area contributed by atoms with Gasteiger partial charge in [-0.05, 0) is 37.4 Å². The van der Waals surface area contributed by atoms with E-state index in [1.54, 1.807) is 0 Å². The van der Waals surface area contributed by atoms with Crippen molar-refractivity contribution >= 4 is 36.5 Å². The summed E-state index contributed by atoms with van der Waals surface area (Å²) in [5.41, 5.74) is -0.481. The van der Waals surface area contributed by atoms with Gasteiger partial charge in [-0.3, -0.25) is 0 Å². The first-order chi connectivity index (χ1) is 3.27. The Morgan fingerprint density at radius 1 is 1.57 bits per heavy atom. The standard InChI is InChI=1S/C3H7Br2OP/c1-2-3-6-7(4)5/h2-3H2,1H3. The molecule has 4 heteroatoms. The summed E-state index contributed by atoms with van der Waals surface area (Å²) in [6.07, 6.45) is 1.08. The zero-order chi connectivity index (χ0) is 5.70. The molecule has 0 bridgehead atoms. The number of rotatable bonds is 3. The highest BCUT2D eigenvalue weighted by Crippen LogP contribution is 2.52. The van der Waals surface area contributed by atoms with Crippen molar-refractivity contribution in [1.82, 2.24) is 0 Å². The summed E-state index contributed by atoms with van der Waals surface area (Å²) in [5, 5.41) is 0. The van der Waals surface area contributed by atoms with Crippen LogP contribution in [0.1, 0.15) is 13.3 Å². The first-order valence-electron chi connectivity index (χ1n) is 2.02. The van der Waals surface area contributed by atoms with Crippen molar-refractivity contribution < 1.29 is 4.52 Å². The van der Waals surface area contributed by atoms with E-state index in [4.69, 9.17) is 4.52 Å². The quantitative estimate of drug-likeness (QED) is 0.697. The minimum atomic E-state index is -0.481. The predicted molar refractivity (Wildman–Crippen MR) is 41.0 cm³/mol. The molecule has 0 aliphatic carbocycles. The van der Waals surface area contributed by atoms with Gasteiger partial charge in [-0.1, -0.05) is 6.92 Å². The maximum Gasteiger partial charge on any atom is 0.170 e. The van der Waals surface area contributed by atoms with Gasteiger partial charge in [0.2, 0.25) is 0 Å². The van der Waals surface area contributed by atoms with Crippen LogP contribution in [-0.4, -0.2) is 6.61 Å². The van der Waals surface area contributed by atoms with Crippen molar-refractivity contribution in [1.29, 1.82) is 0 Å². The molecular weight excluding hydrogens is 243 g/mol. The summed E-state index contributed by atoms with van der Waals surface area (Å²) in [6.45, 7) is 2.92. The van der Waals surface area contributed by atoms with Crippen LogP contribution in [0.5, 0.6) is 0 Å². The fourth-order valence-electron chi connectivity index (χ4n) is 0.160. The van der Waals surface area contributed by atoms with Gasteiger partial charge in [-0.2, -0.15) is 0 Å². The van der Waals surface area contributed by atoms with Crippen molar-refractivity contribution in [2.75, 3.05) is 6.61 Å². The van der Waals surface area contributed by atoms with Crippen LogP contribution in [0, 0.1) is 0 Å². The van der Waals surface area contributed by atoms with Crippen molar-refractivity contribution in [3.8, 4) is 0 Å². The Morgan fingerprint density at radius 2 is 2.14 bits per heavy atom. The average molecular weight is 250 g/mol. The molecule has 44 valence electrons. The Morgan fingerprint density at radius 3 is 2.29 bits per heavy atom. The molecule has 0 rings (SSSR count). The molecule has 0 spiro atoms. The van der Waals surface area contributed by atoms with Gasteiger partial charge in [0.15, 0.2) is 5.55 Å². The third-order valence-corrected chi connectivity index (χ3v) is 2.00. The van der Waals surface area contributed by atoms with Crippen LogP contribution in [0.2, 0.25) is 0 Å². The molecule has 0 amide bonds. The van der Waals surface area contributed by atoms with Gasteiger partial charge in [-0.25, -0.2) is 0 Å². The number of hydrogen-bond acceptors (Lipinski definition) is 1. The first-order valence-corrected chi connectivity index (χ1v) is 7.31. The van der Waals surface area contributed by atoms with E-state index in [-0.39, 0.29) is 0 Å². The summed E-state index contributed by atoms with van der Waals surface area (Å²) in [6, 6.07) is 0. The predicted octanol–water partition coefficient (Wildman–Crippen LogP) is 3.43. The largest absolute Gasteiger partial charge is 0.338 e. The van der Waals surface area contributed by atoms with Crippen molar-refractivity contribution in [2.45, 2.75) is 13.3 Å². The Hall–Kier alpha value is 1.35. The molecule has 0 aliphatic heterocycles. The van der Waals surface area contributed by atoms with Gasteiger partial charge in [0, 0.05) is 0 Å². The Labute approximate surface area is 61.1 Å². The topological polar surface area (TPSA) is 9.23 Å². The van der Waals surface area contributed by atoms with E-state index < -0.39 is 5.55 Å². The monoisotopic (exact) mass is 248 g/mol. The molecular formula is C3H7Br2OP. The smallest absolute Gasteiger partial charge is 0.170 e. The molecule has 0 saturated carbocycles. The molecule has 0 radical (unpaired) electrons. The number of halogens is 2. The molecule has 0 fully saturated rings. The second-order valence-electron chi connectivity index (χ2n) is 1.04. The summed E-state index contributed by atoms with van der Waals surface area (Å²) in [4.78, 5) is 0. The highest BCUT2D eigenvalue weighted by atomic mass is 79.9. The summed E-state index contributed by atoms with van der Waals surface area (Å²) >= 11 is 6.47. The van der Waals surface area contributed by atoms with E-state index in [1.165, 1.54) is 0 Å². The van der Waals surface area contributed by atoms with Crippen LogP contribution in [0.3, 0.4) is 0 Å². The van der Waals surface area contributed by atoms with Gasteiger partial charge in [0.1, 0.15) is 0 Å². The molecule has 0 heterocycles. The minimum Gasteiger partial charge on any atom is -0.338 e. The van der Waals surface area contributed by atoms with Gasteiger partial charge < -0.3 is 4.52 Å². The van der Waals surface area contributed by atoms with Crippen LogP contribution in [-0.2, 0) is 4.52 Å². The van der Waals surface area contributed by atoms with Crippen molar-refractivity contribution in [2.24, 2.45) is 0 Å². The first kappa shape index (κ1) is 8.35. The lowest BCUT2D eigenvalue weighted by Crippen LogP contribution is -1.77. The zero-order valence-corrected chi connectivity index (χ0v) is 8.09. The summed E-state index contributed by atoms with van der Waals surface area (Å²) < 4.78 is 5.09. The zero-order valence-electron chi connectivity index (χ0n) is 4.03. The molecule has 0 N–H and O–H groups in total. The van der Waals surface area contributed by atoms with E-state index in [9.17, 15) is 0 Å². The van der Waals surface area contributed by atoms with E-state index in [0.29, 0.717) is 0 Å². The normalized spacial score (nSPS) is 10.3. The molecule has 0 unspecified atom stereocenters. The Bertz CT molecular complexity index is 41.9. The van der Waals surface area contributed by atoms with Crippen LogP contribution in [0.4, 0.5) is 0 Å². The molecule has 1 nitrogen and oxygen atoms in total. The maximum atomic E-state index is 5.09. The van der Waals surface area contributed by atoms with Crippen LogP contribution in [0.15, 0.2) is 0 Å². The molecule has 0 atom stereocenters. The van der Waals surface area contributed by atoms with E-state index in [0.717, 1.165) is 13.0 Å². The lowest BCUT2D eigenvalue weighted by molar-refractivity contribution is 0.367. The molecule has 0 aliphatic rings. The highest BCUT2D eigenvalue weighted by molar-refractivity contribution is 9.68. The second-order valence-corrected chi connectivity index (χ2v) is 8.42. The van der Waals surface area contributed by atoms with Crippen molar-refractivity contribution in [3.63, 3.8) is 0 Å². The van der Waals surface area contributed by atoms with Crippen molar-refractivity contribution in [3.05, 3.63) is 0 Å². The van der Waals surface area contributed by atoms with E-state index in [2.05, 4.69) is 37.9 Å². The third kappa shape index (κ3) is 7.35. The van der Waals surface area contributed by atoms with Crippen LogP contribution in [0.25, 0.3) is 0 Å². The van der Waals surface area contributed by atoms with Gasteiger partial charge in [0.25, 0.3) is 0 Å². The SMILES string of the molecule is CCCOP(Br)Br. The fourth-order valence-corrected chi connectivity index (χ4v) is 1.35. The molecule has 0 aromatic rings. The summed E-state index contributed by atoms with van der Waals surface area (Å²) in [5.74, 6) is 0. The third-order valence-electron chi connectivity index (χ3n) is 0.393. The second kappa shape index (κ2) is 5.49. The van der Waals surface area contributed by atoms with E-state index in [1.807, 2.05) is 0 Å². The molecule has 7 heavy (non-hydrogen) atoms. The number of hydrogen-bond donors (Lipinski definition) is 0. The Balaban J connectivity index is 2.68. The molecule has 0 aromatic carbocycles. The van der Waals surface area contributed by atoms with E-state index >= 15 is 0 Å². The minimum absolute atomic E-state index is 0.481. The Kier molecular flexibility index (Phi) is 6.54. The fraction of sp³-hybridized carbons (Fsp3) is 1.00. The molecule has 0 saturated heterocycles. The average Bonchev–Trinajstić information content (AvgIpc) is 1.61. The summed E-state index contributed by atoms with van der Waals surface area (Å²) in [7, 11) is 0. The lowest BCUT2D eigenvalue weighted by Gasteiger charge is -1.98. The highest BCUT2D eigenvalue weighted by Gasteiger charge is 1.92. The molecule has 0 aromatic heterocycles. The van der Waals surface area contributed by atoms with Gasteiger partial charge in [0.05, 0.1) is 6.61 Å². The lowest BCUT2D eigenvalue weighted by atomic mass is 10.5. The van der Waals surface area contributed by atoms with Gasteiger partial charge >= 0.3 is 0 Å². The van der Waals surface area contributed by atoms with Crippen LogP contribution >= 0.6 is 36.5 Å².